The number of fused-ring (bicyclic) bond motifs is 3. The Kier molecular flexibility index (Phi) is 4.95. The monoisotopic (exact) mass is 351 g/mol. The van der Waals surface area contributed by atoms with Crippen LogP contribution in [0.5, 0.6) is 0 Å². The molecule has 0 aliphatic carbocycles. The van der Waals surface area contributed by atoms with Crippen LogP contribution in [0.15, 0.2) is 29.6 Å². The van der Waals surface area contributed by atoms with Gasteiger partial charge >= 0.3 is 5.97 Å². The lowest BCUT2D eigenvalue weighted by atomic mass is 9.82. The minimum Gasteiger partial charge on any atom is -0.457 e. The maximum Gasteiger partial charge on any atom is 0.339 e. The average Bonchev–Trinajstić information content (AvgIpc) is 2.92. The van der Waals surface area contributed by atoms with Crippen molar-refractivity contribution in [3.8, 4) is 0 Å². The SMILES string of the molecule is CC1C2CCCN1CC(OC(=O)c1csc3ccccc13)C2.Cl. The summed E-state index contributed by atoms with van der Waals surface area (Å²) >= 11 is 1.61. The summed E-state index contributed by atoms with van der Waals surface area (Å²) in [4.78, 5) is 15.0. The number of hydrogen-bond donors (Lipinski definition) is 0. The first kappa shape index (κ1) is 16.7. The van der Waals surface area contributed by atoms with Crippen LogP contribution in [0.25, 0.3) is 10.1 Å². The van der Waals surface area contributed by atoms with Gasteiger partial charge in [0.1, 0.15) is 6.10 Å². The Morgan fingerprint density at radius 1 is 1.35 bits per heavy atom. The zero-order chi connectivity index (χ0) is 15.1. The van der Waals surface area contributed by atoms with Crippen LogP contribution in [0.4, 0.5) is 0 Å². The van der Waals surface area contributed by atoms with Crippen molar-refractivity contribution >= 4 is 39.8 Å². The molecule has 1 aromatic heterocycles. The zero-order valence-electron chi connectivity index (χ0n) is 13.2. The van der Waals surface area contributed by atoms with Crippen molar-refractivity contribution in [3.05, 3.63) is 35.2 Å². The lowest BCUT2D eigenvalue weighted by Gasteiger charge is -2.46. The molecule has 2 bridgehead atoms. The molecule has 4 atom stereocenters. The third-order valence-electron chi connectivity index (χ3n) is 5.26. The number of piperidine rings is 2. The quantitative estimate of drug-likeness (QED) is 0.753. The second-order valence-corrected chi connectivity index (χ2v) is 7.46. The van der Waals surface area contributed by atoms with Gasteiger partial charge in [-0.3, -0.25) is 4.90 Å². The number of hydrogen-bond acceptors (Lipinski definition) is 4. The number of esters is 1. The fourth-order valence-corrected chi connectivity index (χ4v) is 4.91. The standard InChI is InChI=1S/C18H21NO2S.ClH/c1-12-13-5-4-8-19(12)10-14(9-13)21-18(20)16-11-22-17-7-3-2-6-15(16)17;/h2-3,6-7,11-14H,4-5,8-10H2,1H3;1H. The molecule has 0 spiro atoms. The van der Waals surface area contributed by atoms with Gasteiger partial charge in [0.2, 0.25) is 0 Å². The number of carbonyl (C=O) groups excluding carboxylic acids is 1. The molecule has 2 aliphatic rings. The summed E-state index contributed by atoms with van der Waals surface area (Å²) in [5, 5.41) is 2.95. The summed E-state index contributed by atoms with van der Waals surface area (Å²) in [5.41, 5.74) is 0.722. The second kappa shape index (κ2) is 6.80. The van der Waals surface area contributed by atoms with Gasteiger partial charge in [-0.25, -0.2) is 4.79 Å². The minimum atomic E-state index is -0.156. The Hall–Kier alpha value is -1.10. The number of thiophene rings is 1. The van der Waals surface area contributed by atoms with E-state index in [1.807, 2.05) is 23.6 Å². The van der Waals surface area contributed by atoms with Gasteiger partial charge in [-0.2, -0.15) is 0 Å². The number of carbonyl (C=O) groups is 1. The van der Waals surface area contributed by atoms with E-state index in [1.54, 1.807) is 11.3 Å². The van der Waals surface area contributed by atoms with Crippen molar-refractivity contribution in [3.63, 3.8) is 0 Å². The first-order valence-corrected chi connectivity index (χ1v) is 9.01. The van der Waals surface area contributed by atoms with E-state index < -0.39 is 0 Å². The van der Waals surface area contributed by atoms with Gasteiger partial charge in [-0.1, -0.05) is 18.2 Å². The first-order chi connectivity index (χ1) is 10.7. The van der Waals surface area contributed by atoms with E-state index >= 15 is 0 Å². The Labute approximate surface area is 147 Å². The highest BCUT2D eigenvalue weighted by Gasteiger charge is 2.37. The van der Waals surface area contributed by atoms with E-state index in [0.717, 1.165) is 35.2 Å². The molecule has 4 rings (SSSR count). The van der Waals surface area contributed by atoms with Gasteiger partial charge in [0.25, 0.3) is 0 Å². The fraction of sp³-hybridized carbons (Fsp3) is 0.500. The molecule has 3 nitrogen and oxygen atoms in total. The third kappa shape index (κ3) is 3.12. The van der Waals surface area contributed by atoms with E-state index in [-0.39, 0.29) is 24.5 Å². The molecule has 0 amide bonds. The van der Waals surface area contributed by atoms with Crippen molar-refractivity contribution in [2.24, 2.45) is 5.92 Å². The highest BCUT2D eigenvalue weighted by atomic mass is 35.5. The number of halogens is 1. The summed E-state index contributed by atoms with van der Waals surface area (Å²) in [6.07, 6.45) is 3.62. The van der Waals surface area contributed by atoms with Crippen molar-refractivity contribution < 1.29 is 9.53 Å². The van der Waals surface area contributed by atoms with Crippen LogP contribution in [0, 0.1) is 5.92 Å². The van der Waals surface area contributed by atoms with E-state index in [1.165, 1.54) is 12.8 Å². The van der Waals surface area contributed by atoms with E-state index in [2.05, 4.69) is 17.9 Å². The molecule has 0 N–H and O–H groups in total. The average molecular weight is 352 g/mol. The Morgan fingerprint density at radius 3 is 3.00 bits per heavy atom. The summed E-state index contributed by atoms with van der Waals surface area (Å²) in [6.45, 7) is 4.35. The molecule has 23 heavy (non-hydrogen) atoms. The third-order valence-corrected chi connectivity index (χ3v) is 6.22. The number of ether oxygens (including phenoxy) is 1. The lowest BCUT2D eigenvalue weighted by molar-refractivity contribution is -0.0395. The molecule has 0 saturated carbocycles. The number of rotatable bonds is 2. The van der Waals surface area contributed by atoms with Gasteiger partial charge in [0, 0.05) is 28.1 Å². The summed E-state index contributed by atoms with van der Waals surface area (Å²) < 4.78 is 7.00. The van der Waals surface area contributed by atoms with Gasteiger partial charge in [0.15, 0.2) is 0 Å². The molecular weight excluding hydrogens is 330 g/mol. The minimum absolute atomic E-state index is 0. The maximum atomic E-state index is 12.6. The predicted octanol–water partition coefficient (Wildman–Crippen LogP) is 4.35. The summed E-state index contributed by atoms with van der Waals surface area (Å²) in [6, 6.07) is 8.68. The summed E-state index contributed by atoms with van der Waals surface area (Å²) in [7, 11) is 0. The largest absolute Gasteiger partial charge is 0.457 e. The van der Waals surface area contributed by atoms with Crippen molar-refractivity contribution in [1.29, 1.82) is 0 Å². The molecular formula is C18H22ClNO2S. The summed E-state index contributed by atoms with van der Waals surface area (Å²) in [5.74, 6) is 0.524. The van der Waals surface area contributed by atoms with Crippen molar-refractivity contribution in [2.75, 3.05) is 13.1 Å². The predicted molar refractivity (Wildman–Crippen MR) is 96.7 cm³/mol. The molecule has 2 saturated heterocycles. The van der Waals surface area contributed by atoms with Crippen LogP contribution in [-0.2, 0) is 4.74 Å². The number of benzene rings is 1. The Balaban J connectivity index is 0.00000156. The number of nitrogens with zero attached hydrogens (tertiary/aromatic N) is 1. The molecule has 1 aromatic carbocycles. The van der Waals surface area contributed by atoms with Crippen LogP contribution in [0.3, 0.4) is 0 Å². The molecule has 2 fully saturated rings. The molecule has 0 radical (unpaired) electrons. The van der Waals surface area contributed by atoms with Crippen LogP contribution in [-0.4, -0.2) is 36.1 Å². The van der Waals surface area contributed by atoms with Gasteiger partial charge < -0.3 is 4.74 Å². The Morgan fingerprint density at radius 2 is 2.17 bits per heavy atom. The van der Waals surface area contributed by atoms with Gasteiger partial charge in [0.05, 0.1) is 5.56 Å². The van der Waals surface area contributed by atoms with Crippen LogP contribution < -0.4 is 0 Å². The smallest absolute Gasteiger partial charge is 0.339 e. The molecule has 4 unspecified atom stereocenters. The molecule has 5 heteroatoms. The normalized spacial score (nSPS) is 29.8. The van der Waals surface area contributed by atoms with Crippen molar-refractivity contribution in [1.82, 2.24) is 4.90 Å². The lowest BCUT2D eigenvalue weighted by Crippen LogP contribution is -2.53. The maximum absolute atomic E-state index is 12.6. The van der Waals surface area contributed by atoms with E-state index in [4.69, 9.17) is 4.74 Å². The Bertz CT molecular complexity index is 687. The van der Waals surface area contributed by atoms with Gasteiger partial charge in [-0.15, -0.1) is 23.7 Å². The van der Waals surface area contributed by atoms with Crippen molar-refractivity contribution in [2.45, 2.75) is 38.3 Å². The van der Waals surface area contributed by atoms with Gasteiger partial charge in [-0.05, 0) is 44.7 Å². The molecule has 3 heterocycles. The van der Waals surface area contributed by atoms with Crippen LogP contribution >= 0.6 is 23.7 Å². The van der Waals surface area contributed by atoms with E-state index in [0.29, 0.717) is 12.0 Å². The topological polar surface area (TPSA) is 29.5 Å². The molecule has 2 aromatic rings. The molecule has 124 valence electrons. The van der Waals surface area contributed by atoms with Crippen LogP contribution in [0.2, 0.25) is 0 Å². The highest BCUT2D eigenvalue weighted by molar-refractivity contribution is 7.17. The second-order valence-electron chi connectivity index (χ2n) is 6.55. The fourth-order valence-electron chi connectivity index (χ4n) is 3.98. The highest BCUT2D eigenvalue weighted by Crippen LogP contribution is 2.34. The van der Waals surface area contributed by atoms with E-state index in [9.17, 15) is 4.79 Å². The van der Waals surface area contributed by atoms with Crippen LogP contribution in [0.1, 0.15) is 36.5 Å². The zero-order valence-corrected chi connectivity index (χ0v) is 14.9. The molecule has 2 aliphatic heterocycles. The first-order valence-electron chi connectivity index (χ1n) is 8.13.